The second-order valence-corrected chi connectivity index (χ2v) is 4.27. The Morgan fingerprint density at radius 1 is 1.26 bits per heavy atom. The predicted molar refractivity (Wildman–Crippen MR) is 70.1 cm³/mol. The maximum absolute atomic E-state index is 11.4. The molecule has 0 bridgehead atoms. The molecule has 1 aromatic carbocycles. The van der Waals surface area contributed by atoms with Gasteiger partial charge in [0.2, 0.25) is 5.78 Å². The van der Waals surface area contributed by atoms with Gasteiger partial charge in [-0.1, -0.05) is 29.8 Å². The molecule has 0 amide bonds. The van der Waals surface area contributed by atoms with E-state index in [9.17, 15) is 9.90 Å². The van der Waals surface area contributed by atoms with Crippen molar-refractivity contribution in [3.8, 4) is 11.3 Å². The van der Waals surface area contributed by atoms with Gasteiger partial charge in [0.15, 0.2) is 5.69 Å². The number of imidazole rings is 1. The molecule has 0 radical (unpaired) electrons. The Morgan fingerprint density at radius 3 is 2.68 bits per heavy atom. The van der Waals surface area contributed by atoms with Gasteiger partial charge in [0.05, 0.1) is 0 Å². The van der Waals surface area contributed by atoms with Gasteiger partial charge in [-0.2, -0.15) is 0 Å². The van der Waals surface area contributed by atoms with E-state index < -0.39 is 5.97 Å². The lowest BCUT2D eigenvalue weighted by molar-refractivity contribution is 0.0690. The molecule has 5 heteroatoms. The minimum Gasteiger partial charge on any atom is -0.476 e. The normalized spacial score (nSPS) is 10.8. The Bertz CT molecular complexity index is 760. The van der Waals surface area contributed by atoms with E-state index in [1.165, 1.54) is 4.40 Å². The molecular weight excluding hydrogens is 242 g/mol. The summed E-state index contributed by atoms with van der Waals surface area (Å²) in [5.41, 5.74) is 2.45. The number of carboxylic acids is 1. The molecule has 0 atom stereocenters. The lowest BCUT2D eigenvalue weighted by Crippen LogP contribution is -2.03. The lowest BCUT2D eigenvalue weighted by atomic mass is 10.1. The van der Waals surface area contributed by atoms with Gasteiger partial charge in [0, 0.05) is 18.0 Å². The van der Waals surface area contributed by atoms with Crippen LogP contribution in [0.1, 0.15) is 16.1 Å². The topological polar surface area (TPSA) is 67.5 Å². The van der Waals surface area contributed by atoms with Crippen LogP contribution in [0.5, 0.6) is 0 Å². The molecule has 0 aliphatic heterocycles. The quantitative estimate of drug-likeness (QED) is 0.761. The van der Waals surface area contributed by atoms with Crippen LogP contribution in [0.25, 0.3) is 17.0 Å². The first-order chi connectivity index (χ1) is 9.16. The number of hydrogen-bond acceptors (Lipinski definition) is 3. The van der Waals surface area contributed by atoms with Gasteiger partial charge in [-0.25, -0.2) is 14.8 Å². The highest BCUT2D eigenvalue weighted by molar-refractivity contribution is 5.94. The fourth-order valence-corrected chi connectivity index (χ4v) is 2.00. The van der Waals surface area contributed by atoms with Crippen LogP contribution < -0.4 is 0 Å². The number of fused-ring (bicyclic) bond motifs is 1. The van der Waals surface area contributed by atoms with E-state index in [2.05, 4.69) is 9.97 Å². The van der Waals surface area contributed by atoms with Gasteiger partial charge < -0.3 is 5.11 Å². The minimum absolute atomic E-state index is 0.131. The molecular formula is C14H11N3O2. The Kier molecular flexibility index (Phi) is 2.52. The Labute approximate surface area is 109 Å². The van der Waals surface area contributed by atoms with E-state index in [-0.39, 0.29) is 5.69 Å². The molecule has 2 heterocycles. The first-order valence-corrected chi connectivity index (χ1v) is 5.80. The van der Waals surface area contributed by atoms with E-state index >= 15 is 0 Å². The van der Waals surface area contributed by atoms with Crippen LogP contribution in [-0.2, 0) is 0 Å². The molecule has 0 fully saturated rings. The third kappa shape index (κ3) is 1.85. The zero-order valence-corrected chi connectivity index (χ0v) is 10.2. The monoisotopic (exact) mass is 253 g/mol. The highest BCUT2D eigenvalue weighted by Crippen LogP contribution is 2.24. The minimum atomic E-state index is -1.02. The van der Waals surface area contributed by atoms with Gasteiger partial charge in [0.1, 0.15) is 5.69 Å². The molecule has 19 heavy (non-hydrogen) atoms. The first kappa shape index (κ1) is 11.4. The van der Waals surface area contributed by atoms with E-state index in [0.717, 1.165) is 11.1 Å². The van der Waals surface area contributed by atoms with Gasteiger partial charge in [0.25, 0.3) is 0 Å². The second-order valence-electron chi connectivity index (χ2n) is 4.27. The van der Waals surface area contributed by atoms with Crippen molar-refractivity contribution in [2.75, 3.05) is 0 Å². The van der Waals surface area contributed by atoms with Crippen molar-refractivity contribution in [1.82, 2.24) is 14.4 Å². The van der Waals surface area contributed by atoms with Gasteiger partial charge >= 0.3 is 5.97 Å². The summed E-state index contributed by atoms with van der Waals surface area (Å²) >= 11 is 0. The summed E-state index contributed by atoms with van der Waals surface area (Å²) in [6, 6.07) is 9.27. The number of benzene rings is 1. The fraction of sp³-hybridized carbons (Fsp3) is 0.0714. The van der Waals surface area contributed by atoms with Gasteiger partial charge in [-0.3, -0.25) is 4.40 Å². The average molecular weight is 253 g/mol. The van der Waals surface area contributed by atoms with Crippen LogP contribution in [0.2, 0.25) is 0 Å². The Hall–Kier alpha value is -2.69. The van der Waals surface area contributed by atoms with Gasteiger partial charge in [-0.15, -0.1) is 0 Å². The summed E-state index contributed by atoms with van der Waals surface area (Å²) in [6.07, 6.45) is 3.24. The number of hydrogen-bond donors (Lipinski definition) is 1. The molecule has 0 aliphatic rings. The molecule has 1 N–H and O–H groups in total. The second kappa shape index (κ2) is 4.20. The Balaban J connectivity index is 2.31. The van der Waals surface area contributed by atoms with E-state index in [4.69, 9.17) is 0 Å². The predicted octanol–water partition coefficient (Wildman–Crippen LogP) is 2.40. The summed E-state index contributed by atoms with van der Waals surface area (Å²) in [4.78, 5) is 19.8. The summed E-state index contributed by atoms with van der Waals surface area (Å²) in [5.74, 6) is -0.633. The van der Waals surface area contributed by atoms with Crippen LogP contribution in [-0.4, -0.2) is 25.4 Å². The number of aryl methyl sites for hydroxylation is 1. The molecule has 0 unspecified atom stereocenters. The molecule has 0 saturated carbocycles. The molecule has 3 rings (SSSR count). The standard InChI is InChI=1S/C14H11N3O2/c1-9-3-5-10(6-4-9)11-12(13(18)19)17-8-2-7-15-14(17)16-11/h2-8H,1H3,(H,18,19). The number of rotatable bonds is 2. The van der Waals surface area contributed by atoms with E-state index in [1.54, 1.807) is 18.5 Å². The molecule has 0 spiro atoms. The number of aromatic nitrogens is 3. The maximum atomic E-state index is 11.4. The lowest BCUT2D eigenvalue weighted by Gasteiger charge is -2.00. The number of nitrogens with zero attached hydrogens (tertiary/aromatic N) is 3. The van der Waals surface area contributed by atoms with Gasteiger partial charge in [-0.05, 0) is 13.0 Å². The molecule has 3 aromatic rings. The Morgan fingerprint density at radius 2 is 2.00 bits per heavy atom. The molecule has 94 valence electrons. The van der Waals surface area contributed by atoms with Crippen molar-refractivity contribution in [1.29, 1.82) is 0 Å². The summed E-state index contributed by atoms with van der Waals surface area (Å²) in [6.45, 7) is 1.98. The van der Waals surface area contributed by atoms with Crippen LogP contribution in [0.4, 0.5) is 0 Å². The van der Waals surface area contributed by atoms with E-state index in [1.807, 2.05) is 31.2 Å². The first-order valence-electron chi connectivity index (χ1n) is 5.80. The third-order valence-electron chi connectivity index (χ3n) is 2.93. The van der Waals surface area contributed by atoms with Crippen molar-refractivity contribution < 1.29 is 9.90 Å². The van der Waals surface area contributed by atoms with Crippen LogP contribution >= 0.6 is 0 Å². The summed E-state index contributed by atoms with van der Waals surface area (Å²) < 4.78 is 1.48. The van der Waals surface area contributed by atoms with Crippen molar-refractivity contribution in [3.05, 3.63) is 54.0 Å². The van der Waals surface area contributed by atoms with Crippen LogP contribution in [0, 0.1) is 6.92 Å². The van der Waals surface area contributed by atoms with E-state index in [0.29, 0.717) is 11.5 Å². The average Bonchev–Trinajstić information content (AvgIpc) is 2.78. The van der Waals surface area contributed by atoms with Crippen molar-refractivity contribution in [2.45, 2.75) is 6.92 Å². The highest BCUT2D eigenvalue weighted by Gasteiger charge is 2.19. The zero-order chi connectivity index (χ0) is 13.4. The van der Waals surface area contributed by atoms with Crippen molar-refractivity contribution in [2.24, 2.45) is 0 Å². The van der Waals surface area contributed by atoms with Crippen LogP contribution in [0.15, 0.2) is 42.7 Å². The summed E-state index contributed by atoms with van der Waals surface area (Å²) in [5, 5.41) is 9.38. The fourth-order valence-electron chi connectivity index (χ4n) is 2.00. The molecule has 2 aromatic heterocycles. The highest BCUT2D eigenvalue weighted by atomic mass is 16.4. The smallest absolute Gasteiger partial charge is 0.355 e. The molecule has 0 saturated heterocycles. The van der Waals surface area contributed by atoms with Crippen molar-refractivity contribution in [3.63, 3.8) is 0 Å². The number of carboxylic acid groups (broad SMARTS) is 1. The summed E-state index contributed by atoms with van der Waals surface area (Å²) in [7, 11) is 0. The SMILES string of the molecule is Cc1ccc(-c2nc3ncccn3c2C(=O)O)cc1. The largest absolute Gasteiger partial charge is 0.476 e. The third-order valence-corrected chi connectivity index (χ3v) is 2.93. The molecule has 0 aliphatic carbocycles. The number of aromatic carboxylic acids is 1. The number of carbonyl (C=O) groups is 1. The maximum Gasteiger partial charge on any atom is 0.355 e. The van der Waals surface area contributed by atoms with Crippen LogP contribution in [0.3, 0.4) is 0 Å². The molecule has 5 nitrogen and oxygen atoms in total. The van der Waals surface area contributed by atoms with Crippen molar-refractivity contribution >= 4 is 11.7 Å². The zero-order valence-electron chi connectivity index (χ0n) is 10.2.